The quantitative estimate of drug-likeness (QED) is 0.309. The Morgan fingerprint density at radius 2 is 1.67 bits per heavy atom. The van der Waals surface area contributed by atoms with Gasteiger partial charge in [-0.25, -0.2) is 5.43 Å². The average molecular weight is 424 g/mol. The van der Waals surface area contributed by atoms with Gasteiger partial charge in [0.15, 0.2) is 10.1 Å². The zero-order valence-corrected chi connectivity index (χ0v) is 15.6. The number of nitrogens with zero attached hydrogens (tertiary/aromatic N) is 2. The largest absolute Gasteiger partial charge is 0.448 e. The summed E-state index contributed by atoms with van der Waals surface area (Å²) in [4.78, 5) is 25.1. The van der Waals surface area contributed by atoms with Crippen LogP contribution >= 0.6 is 15.9 Å². The Hall–Kier alpha value is -3.19. The van der Waals surface area contributed by atoms with Crippen molar-refractivity contribution in [3.63, 3.8) is 0 Å². The molecule has 1 amide bonds. The molecule has 0 radical (unpaired) electrons. The molecule has 4 rings (SSSR count). The third-order valence-electron chi connectivity index (χ3n) is 4.16. The van der Waals surface area contributed by atoms with E-state index in [1.54, 1.807) is 24.3 Å². The van der Waals surface area contributed by atoms with Gasteiger partial charge in [0.1, 0.15) is 12.3 Å². The molecule has 2 aromatic heterocycles. The Morgan fingerprint density at radius 3 is 2.26 bits per heavy atom. The van der Waals surface area contributed by atoms with Gasteiger partial charge in [-0.05, 0) is 52.3 Å². The summed E-state index contributed by atoms with van der Waals surface area (Å²) in [6, 6.07) is 18.0. The van der Waals surface area contributed by atoms with Gasteiger partial charge in [-0.3, -0.25) is 9.59 Å². The van der Waals surface area contributed by atoms with Crippen LogP contribution in [0.3, 0.4) is 0 Å². The maximum Gasteiger partial charge on any atom is 0.260 e. The zero-order valence-electron chi connectivity index (χ0n) is 14.1. The number of carbonyl (C=O) groups excluding carboxylic acids is 1. The van der Waals surface area contributed by atoms with Crippen LogP contribution in [0.4, 0.5) is 0 Å². The topological polar surface area (TPSA) is 76.6 Å². The van der Waals surface area contributed by atoms with E-state index in [2.05, 4.69) is 26.5 Å². The number of hydrazone groups is 1. The van der Waals surface area contributed by atoms with Crippen LogP contribution in [-0.4, -0.2) is 16.7 Å². The summed E-state index contributed by atoms with van der Waals surface area (Å²) >= 11 is 3.20. The minimum atomic E-state index is -0.309. The van der Waals surface area contributed by atoms with E-state index in [1.807, 2.05) is 41.0 Å². The monoisotopic (exact) mass is 423 g/mol. The minimum absolute atomic E-state index is 0.0283. The molecule has 0 saturated carbocycles. The van der Waals surface area contributed by atoms with E-state index in [9.17, 15) is 9.59 Å². The molecule has 0 spiro atoms. The van der Waals surface area contributed by atoms with Crippen LogP contribution < -0.4 is 10.9 Å². The number of aromatic nitrogens is 1. The maximum absolute atomic E-state index is 12.7. The minimum Gasteiger partial charge on any atom is -0.448 e. The van der Waals surface area contributed by atoms with Crippen LogP contribution in [0.2, 0.25) is 0 Å². The Bertz CT molecular complexity index is 1180. The van der Waals surface area contributed by atoms with Gasteiger partial charge < -0.3 is 8.98 Å². The summed E-state index contributed by atoms with van der Waals surface area (Å²) < 4.78 is 7.69. The highest BCUT2D eigenvalue weighted by Crippen LogP contribution is 2.19. The van der Waals surface area contributed by atoms with E-state index in [1.165, 1.54) is 6.21 Å². The van der Waals surface area contributed by atoms with Gasteiger partial charge in [0, 0.05) is 10.8 Å². The van der Waals surface area contributed by atoms with E-state index in [-0.39, 0.29) is 17.9 Å². The Morgan fingerprint density at radius 1 is 1.04 bits per heavy atom. The fourth-order valence-electron chi connectivity index (χ4n) is 2.99. The number of nitrogens with one attached hydrogen (secondary N) is 1. The molecule has 0 aliphatic carbocycles. The number of hydrogen-bond donors (Lipinski definition) is 1. The molecule has 134 valence electrons. The predicted octanol–water partition coefficient (Wildman–Crippen LogP) is 3.66. The molecular formula is C20H14BrN3O3. The van der Waals surface area contributed by atoms with Crippen molar-refractivity contribution < 1.29 is 9.21 Å². The molecule has 0 bridgehead atoms. The summed E-state index contributed by atoms with van der Waals surface area (Å²) in [7, 11) is 0. The lowest BCUT2D eigenvalue weighted by atomic mass is 10.1. The number of carbonyl (C=O) groups is 1. The first kappa shape index (κ1) is 17.2. The van der Waals surface area contributed by atoms with Gasteiger partial charge in [0.2, 0.25) is 0 Å². The van der Waals surface area contributed by atoms with Crippen molar-refractivity contribution in [2.75, 3.05) is 0 Å². The first-order valence-corrected chi connectivity index (χ1v) is 9.00. The molecule has 7 heteroatoms. The van der Waals surface area contributed by atoms with Crippen LogP contribution in [-0.2, 0) is 11.3 Å². The highest BCUT2D eigenvalue weighted by atomic mass is 79.9. The molecule has 6 nitrogen and oxygen atoms in total. The lowest BCUT2D eigenvalue weighted by Crippen LogP contribution is -2.25. The van der Waals surface area contributed by atoms with Crippen molar-refractivity contribution in [3.8, 4) is 0 Å². The van der Waals surface area contributed by atoms with Crippen LogP contribution in [0, 0.1) is 0 Å². The van der Waals surface area contributed by atoms with Crippen LogP contribution in [0.15, 0.2) is 79.6 Å². The zero-order chi connectivity index (χ0) is 18.8. The number of hydrogen-bond acceptors (Lipinski definition) is 4. The molecule has 2 heterocycles. The average Bonchev–Trinajstić information content (AvgIpc) is 3.10. The molecule has 27 heavy (non-hydrogen) atoms. The van der Waals surface area contributed by atoms with Crippen molar-refractivity contribution in [3.05, 3.63) is 81.3 Å². The molecular weight excluding hydrogens is 410 g/mol. The molecule has 0 unspecified atom stereocenters. The first-order chi connectivity index (χ1) is 13.1. The summed E-state index contributed by atoms with van der Waals surface area (Å²) in [6.45, 7) is 0.0283. The van der Waals surface area contributed by atoms with Crippen LogP contribution in [0.5, 0.6) is 0 Å². The number of benzene rings is 2. The predicted molar refractivity (Wildman–Crippen MR) is 108 cm³/mol. The van der Waals surface area contributed by atoms with Gasteiger partial charge in [0.05, 0.1) is 17.2 Å². The molecule has 0 fully saturated rings. The summed E-state index contributed by atoms with van der Waals surface area (Å²) in [5, 5.41) is 5.07. The normalized spacial score (nSPS) is 11.4. The maximum atomic E-state index is 12.7. The molecule has 4 aromatic rings. The van der Waals surface area contributed by atoms with E-state index in [0.717, 1.165) is 0 Å². The molecule has 0 aliphatic heterocycles. The van der Waals surface area contributed by atoms with Crippen molar-refractivity contribution >= 4 is 49.9 Å². The number of halogens is 1. The lowest BCUT2D eigenvalue weighted by Gasteiger charge is -2.14. The number of fused-ring (bicyclic) bond motifs is 2. The smallest absolute Gasteiger partial charge is 0.260 e. The second-order valence-electron chi connectivity index (χ2n) is 5.88. The van der Waals surface area contributed by atoms with Crippen molar-refractivity contribution in [1.29, 1.82) is 0 Å². The second kappa shape index (κ2) is 7.20. The Labute approximate surface area is 162 Å². The molecule has 1 N–H and O–H groups in total. The lowest BCUT2D eigenvalue weighted by molar-refractivity contribution is -0.121. The van der Waals surface area contributed by atoms with Gasteiger partial charge in [-0.2, -0.15) is 5.10 Å². The van der Waals surface area contributed by atoms with Crippen LogP contribution in [0.1, 0.15) is 5.76 Å². The SMILES string of the molecule is O=C(Cn1c2ccccc2c(=O)c2ccccc21)N/N=C\c1ccc(Br)o1. The van der Waals surface area contributed by atoms with Crippen LogP contribution in [0.25, 0.3) is 21.8 Å². The number of para-hydroxylation sites is 2. The van der Waals surface area contributed by atoms with Gasteiger partial charge >= 0.3 is 0 Å². The summed E-state index contributed by atoms with van der Waals surface area (Å²) in [6.07, 6.45) is 1.42. The second-order valence-corrected chi connectivity index (χ2v) is 6.67. The van der Waals surface area contributed by atoms with E-state index in [4.69, 9.17) is 4.42 Å². The Kier molecular flexibility index (Phi) is 4.60. The standard InChI is InChI=1S/C20H14BrN3O3/c21-18-10-9-13(27-18)11-22-23-19(25)12-24-16-7-3-1-5-14(16)20(26)15-6-2-4-8-17(15)24/h1-11H,12H2,(H,23,25)/b22-11-. The number of amides is 1. The fraction of sp³-hybridized carbons (Fsp3) is 0.0500. The van der Waals surface area contributed by atoms with Crippen molar-refractivity contribution in [2.24, 2.45) is 5.10 Å². The fourth-order valence-corrected chi connectivity index (χ4v) is 3.31. The van der Waals surface area contributed by atoms with Gasteiger partial charge in [-0.15, -0.1) is 0 Å². The van der Waals surface area contributed by atoms with E-state index < -0.39 is 0 Å². The molecule has 2 aromatic carbocycles. The number of furan rings is 1. The number of pyridine rings is 1. The van der Waals surface area contributed by atoms with E-state index >= 15 is 0 Å². The van der Waals surface area contributed by atoms with Gasteiger partial charge in [0.25, 0.3) is 5.91 Å². The van der Waals surface area contributed by atoms with E-state index in [0.29, 0.717) is 32.2 Å². The summed E-state index contributed by atoms with van der Waals surface area (Å²) in [5.74, 6) is 0.206. The van der Waals surface area contributed by atoms with Crippen molar-refractivity contribution in [1.82, 2.24) is 9.99 Å². The van der Waals surface area contributed by atoms with Crippen molar-refractivity contribution in [2.45, 2.75) is 6.54 Å². The number of rotatable bonds is 4. The third-order valence-corrected chi connectivity index (χ3v) is 4.58. The molecule has 0 atom stereocenters. The first-order valence-electron chi connectivity index (χ1n) is 8.21. The van der Waals surface area contributed by atoms with Gasteiger partial charge in [-0.1, -0.05) is 24.3 Å². The summed E-state index contributed by atoms with van der Waals surface area (Å²) in [5.41, 5.74) is 3.85. The molecule has 0 aliphatic rings. The highest BCUT2D eigenvalue weighted by molar-refractivity contribution is 9.10. The highest BCUT2D eigenvalue weighted by Gasteiger charge is 2.12. The third kappa shape index (κ3) is 3.41. The molecule has 0 saturated heterocycles. The Balaban J connectivity index is 1.68.